The number of primary amides is 1. The second kappa shape index (κ2) is 49.6. The van der Waals surface area contributed by atoms with Gasteiger partial charge in [-0.05, 0) is 94.8 Å². The number of carbonyl (C=O) groups is 16. The number of phenols is 2. The van der Waals surface area contributed by atoms with E-state index in [1.807, 2.05) is 6.92 Å². The molecule has 35 nitrogen and oxygen atoms in total. The van der Waals surface area contributed by atoms with Crippen LogP contribution in [0.2, 0.25) is 0 Å². The molecule has 1 saturated heterocycles. The molecule has 15 amide bonds. The molecule has 1 fully saturated rings. The highest BCUT2D eigenvalue weighted by Crippen LogP contribution is 2.25. The first kappa shape index (κ1) is 102. The standard InChI is InChI=1S/C94H120N16O19S/c1-11-12-32-75-92(127)107(7)53-79(114)98-68(41-42-82(117)118)85(120)105-83(57(4)5)94(129)109(9)76(47-59-26-18-14-19-27-59)89(124)103-72(46-62-35-39-65(112)40-36-62)90(125)106(6)52-80(115)99-71(49-63-50-96-67-31-23-22-30-66(63)67)88(123)102-70(44-61-33-37-64(111)38-34-61)87(122)101-69(43-56(2)3)86(121)104-74(84(119)97-51-78(95)113)54-130-55-81(116)100-73(45-58-24-16-13-17-25-58)91(126)110(10)77(93(128)108(75)8)48-60-28-20-15-21-29-60/h13-31,33-40,50,56-57,68-77,83,96,111-112H,11-12,32,41-49,51-55H2,1-10H3,(H2,95,113)(H,97,119)(H,98,114)(H,99,115)(H,100,116)(H,101,122)(H,102,123)(H,103,124)(H,104,121)(H,105,120)(H,117,118)/t68-,69-,70-,71-,72-,73-,74-,75-,76-,77-,83-/m0/s1. The number of nitrogens with one attached hydrogen (secondary N) is 10. The van der Waals surface area contributed by atoms with Gasteiger partial charge in [0.05, 0.1) is 25.4 Å². The van der Waals surface area contributed by atoms with Crippen molar-refractivity contribution in [1.82, 2.24) is 77.3 Å². The zero-order valence-electron chi connectivity index (χ0n) is 74.8. The van der Waals surface area contributed by atoms with Crippen molar-refractivity contribution >= 4 is 117 Å². The fraction of sp³-hybridized carbons (Fsp3) is 0.426. The predicted molar refractivity (Wildman–Crippen MR) is 487 cm³/mol. The summed E-state index contributed by atoms with van der Waals surface area (Å²) in [6.45, 7) is 6.29. The van der Waals surface area contributed by atoms with Crippen molar-refractivity contribution in [2.45, 2.75) is 178 Å². The first-order valence-corrected chi connectivity index (χ1v) is 44.3. The molecule has 1 aromatic heterocycles. The minimum absolute atomic E-state index is 0.0434. The zero-order valence-corrected chi connectivity index (χ0v) is 75.6. The van der Waals surface area contributed by atoms with Gasteiger partial charge in [-0.25, -0.2) is 0 Å². The maximum Gasteiger partial charge on any atom is 0.303 e. The van der Waals surface area contributed by atoms with Crippen LogP contribution in [0.4, 0.5) is 0 Å². The highest BCUT2D eigenvalue weighted by molar-refractivity contribution is 8.00. The Morgan fingerprint density at radius 2 is 0.900 bits per heavy atom. The lowest BCUT2D eigenvalue weighted by atomic mass is 9.98. The van der Waals surface area contributed by atoms with Crippen molar-refractivity contribution in [2.75, 3.05) is 66.4 Å². The quantitative estimate of drug-likeness (QED) is 0.0413. The highest BCUT2D eigenvalue weighted by Gasteiger charge is 2.42. The molecule has 0 bridgehead atoms. The number of amides is 15. The Morgan fingerprint density at radius 1 is 0.454 bits per heavy atom. The number of unbranched alkanes of at least 4 members (excludes halogenated alkanes) is 1. The molecule has 0 spiro atoms. The van der Waals surface area contributed by atoms with Gasteiger partial charge in [0.15, 0.2) is 0 Å². The number of para-hydroxylation sites is 1. The third-order valence-corrected chi connectivity index (χ3v) is 23.4. The van der Waals surface area contributed by atoms with Crippen molar-refractivity contribution in [3.8, 4) is 11.5 Å². The summed E-state index contributed by atoms with van der Waals surface area (Å²) in [5, 5.41) is 55.6. The molecular formula is C94H120N16O19S. The molecular weight excluding hydrogens is 1690 g/mol. The molecule has 2 heterocycles. The van der Waals surface area contributed by atoms with E-state index in [0.717, 1.165) is 26.5 Å². The van der Waals surface area contributed by atoms with Crippen LogP contribution < -0.4 is 53.6 Å². The van der Waals surface area contributed by atoms with E-state index in [0.29, 0.717) is 57.1 Å². The van der Waals surface area contributed by atoms with Crippen LogP contribution in [-0.4, -0.2) is 272 Å². The fourth-order valence-electron chi connectivity index (χ4n) is 15.1. The van der Waals surface area contributed by atoms with Crippen LogP contribution in [0.5, 0.6) is 11.5 Å². The van der Waals surface area contributed by atoms with Crippen LogP contribution in [0, 0.1) is 11.8 Å². The average Bonchev–Trinajstić information content (AvgIpc) is 1.63. The molecule has 0 radical (unpaired) electrons. The molecule has 130 heavy (non-hydrogen) atoms. The summed E-state index contributed by atoms with van der Waals surface area (Å²) in [4.78, 5) is 244. The number of benzene rings is 6. The Hall–Kier alpha value is -13.7. The number of hydrogen-bond donors (Lipinski definition) is 14. The van der Waals surface area contributed by atoms with E-state index < -0.39 is 205 Å². The smallest absolute Gasteiger partial charge is 0.303 e. The van der Waals surface area contributed by atoms with Crippen LogP contribution in [0.1, 0.15) is 107 Å². The van der Waals surface area contributed by atoms with E-state index in [1.165, 1.54) is 93.6 Å². The molecule has 1 aliphatic rings. The number of carbonyl (C=O) groups excluding carboxylic acids is 15. The second-order valence-corrected chi connectivity index (χ2v) is 34.4. The highest BCUT2D eigenvalue weighted by atomic mass is 32.2. The number of phenolic OH excluding ortho intramolecular Hbond substituents is 2. The lowest BCUT2D eigenvalue weighted by Crippen LogP contribution is -2.61. The van der Waals surface area contributed by atoms with Gasteiger partial charge in [0.1, 0.15) is 78.0 Å². The minimum Gasteiger partial charge on any atom is -0.508 e. The molecule has 8 rings (SSSR count). The third kappa shape index (κ3) is 30.8. The number of likely N-dealkylation sites (N-methyl/N-ethyl adjacent to an activating group) is 5. The summed E-state index contributed by atoms with van der Waals surface area (Å²) < 4.78 is 0. The molecule has 696 valence electrons. The van der Waals surface area contributed by atoms with Crippen LogP contribution in [-0.2, 0) is 115 Å². The second-order valence-electron chi connectivity index (χ2n) is 33.4. The van der Waals surface area contributed by atoms with Crippen molar-refractivity contribution in [3.05, 3.63) is 203 Å². The first-order valence-electron chi connectivity index (χ1n) is 43.2. The SMILES string of the molecule is CCCC[C@H]1C(=O)N(C)CC(=O)N[C@@H](CCC(=O)O)C(=O)N[C@@H](C(C)C)C(=O)N(C)[C@@H](Cc2ccccc2)C(=O)N[C@@H](Cc2ccc(O)cc2)C(=O)N(C)CC(=O)N[C@@H](Cc2c[nH]c3ccccc23)C(=O)N[C@@H](Cc2ccc(O)cc2)C(=O)N[C@@H](CC(C)C)C(=O)N[C@H](C(=O)NCC(N)=O)CSCC(=O)N[C@@H](Cc2ccccc2)C(=O)N(C)[C@@H](Cc2ccccc2)C(=O)N1C. The van der Waals surface area contributed by atoms with E-state index in [2.05, 4.69) is 52.8 Å². The average molecular weight is 1810 g/mol. The van der Waals surface area contributed by atoms with Crippen LogP contribution >= 0.6 is 11.8 Å². The summed E-state index contributed by atoms with van der Waals surface area (Å²) in [6, 6.07) is 27.7. The Labute approximate surface area is 759 Å². The largest absolute Gasteiger partial charge is 0.508 e. The van der Waals surface area contributed by atoms with Gasteiger partial charge in [0.2, 0.25) is 88.6 Å². The Bertz CT molecular complexity index is 5090. The summed E-state index contributed by atoms with van der Waals surface area (Å²) >= 11 is 0.832. The molecule has 7 aromatic rings. The monoisotopic (exact) mass is 1810 g/mol. The van der Waals surface area contributed by atoms with E-state index in [9.17, 15) is 53.7 Å². The first-order chi connectivity index (χ1) is 61.9. The van der Waals surface area contributed by atoms with Gasteiger partial charge in [-0.15, -0.1) is 11.8 Å². The lowest BCUT2D eigenvalue weighted by molar-refractivity contribution is -0.151. The van der Waals surface area contributed by atoms with Crippen LogP contribution in [0.3, 0.4) is 0 Å². The number of hydrogen-bond acceptors (Lipinski definition) is 19. The van der Waals surface area contributed by atoms with Gasteiger partial charge >= 0.3 is 5.97 Å². The summed E-state index contributed by atoms with van der Waals surface area (Å²) in [7, 11) is 6.61. The molecule has 0 aliphatic carbocycles. The minimum atomic E-state index is -1.68. The number of aromatic nitrogens is 1. The number of nitrogens with zero attached hydrogens (tertiary/aromatic N) is 5. The topological polar surface area (TPSA) is 500 Å². The molecule has 1 aliphatic heterocycles. The van der Waals surface area contributed by atoms with Gasteiger partial charge in [0.25, 0.3) is 0 Å². The molecule has 0 saturated carbocycles. The third-order valence-electron chi connectivity index (χ3n) is 22.3. The van der Waals surface area contributed by atoms with E-state index in [-0.39, 0.29) is 74.5 Å². The Kier molecular flexibility index (Phi) is 38.8. The number of fused-ring (bicyclic) bond motifs is 1. The number of nitrogens with two attached hydrogens (primary N) is 1. The molecule has 0 unspecified atom stereocenters. The number of carboxylic acid groups (broad SMARTS) is 1. The van der Waals surface area contributed by atoms with Crippen molar-refractivity contribution in [2.24, 2.45) is 17.6 Å². The predicted octanol–water partition coefficient (Wildman–Crippen LogP) is 2.72. The summed E-state index contributed by atoms with van der Waals surface area (Å²) in [6.07, 6.45) is -0.00654. The van der Waals surface area contributed by atoms with Crippen LogP contribution in [0.25, 0.3) is 10.9 Å². The van der Waals surface area contributed by atoms with Crippen molar-refractivity contribution in [3.63, 3.8) is 0 Å². The van der Waals surface area contributed by atoms with E-state index in [1.54, 1.807) is 149 Å². The van der Waals surface area contributed by atoms with Gasteiger partial charge in [-0.2, -0.15) is 0 Å². The maximum atomic E-state index is 15.6. The van der Waals surface area contributed by atoms with Gasteiger partial charge < -0.3 is 98.4 Å². The number of aliphatic carboxylic acids is 1. The normalized spacial score (nSPS) is 21.8. The number of aromatic hydroxyl groups is 2. The van der Waals surface area contributed by atoms with E-state index >= 15 is 38.4 Å². The number of H-pyrrole nitrogens is 1. The Morgan fingerprint density at radius 3 is 1.44 bits per heavy atom. The summed E-state index contributed by atoms with van der Waals surface area (Å²) in [5.41, 5.74) is 9.15. The van der Waals surface area contributed by atoms with Crippen molar-refractivity contribution < 1.29 is 92.0 Å². The van der Waals surface area contributed by atoms with Crippen molar-refractivity contribution in [1.29, 1.82) is 0 Å². The van der Waals surface area contributed by atoms with E-state index in [4.69, 9.17) is 5.73 Å². The van der Waals surface area contributed by atoms with Gasteiger partial charge in [-0.3, -0.25) is 76.7 Å². The molecule has 36 heteroatoms. The molecule has 15 N–H and O–H groups in total. The molecule has 11 atom stereocenters. The maximum absolute atomic E-state index is 15.6. The number of rotatable bonds is 24. The number of thioether (sulfide) groups is 1. The van der Waals surface area contributed by atoms with Crippen LogP contribution in [0.15, 0.2) is 170 Å². The number of aromatic amines is 1. The Balaban J connectivity index is 1.21. The fourth-order valence-corrected chi connectivity index (χ4v) is 16.0. The lowest BCUT2D eigenvalue weighted by Gasteiger charge is -2.37. The summed E-state index contributed by atoms with van der Waals surface area (Å²) in [5.74, 6) is -16.9. The van der Waals surface area contributed by atoms with Gasteiger partial charge in [0, 0.05) is 103 Å². The van der Waals surface area contributed by atoms with Gasteiger partial charge in [-0.1, -0.05) is 181 Å². The number of carboxylic acids is 1. The zero-order chi connectivity index (χ0) is 95.0. The molecule has 6 aromatic carbocycles.